The molecule has 1 fully saturated rings. The second-order valence-corrected chi connectivity index (χ2v) is 6.23. The first-order chi connectivity index (χ1) is 9.83. The van der Waals surface area contributed by atoms with Crippen molar-refractivity contribution in [1.82, 2.24) is 4.90 Å². The maximum absolute atomic E-state index is 11.7. The smallest absolute Gasteiger partial charge is 0.451 e. The first kappa shape index (κ1) is 18.4. The zero-order valence-electron chi connectivity index (χ0n) is 13.2. The lowest BCUT2D eigenvalue weighted by atomic mass is 9.66. The number of hydrogen-bond donors (Lipinski definition) is 4. The molecule has 3 atom stereocenters. The van der Waals surface area contributed by atoms with E-state index < -0.39 is 18.6 Å². The molecule has 0 aromatic rings. The number of rotatable bonds is 8. The van der Waals surface area contributed by atoms with Gasteiger partial charge < -0.3 is 25.8 Å². The number of carboxylic acid groups (broad SMARTS) is 1. The second kappa shape index (κ2) is 8.12. The zero-order chi connectivity index (χ0) is 16.0. The molecular formula is C14H29BN2O4. The van der Waals surface area contributed by atoms with Crippen LogP contribution in [0.25, 0.3) is 0 Å². The molecule has 5 N–H and O–H groups in total. The summed E-state index contributed by atoms with van der Waals surface area (Å²) in [6, 6.07) is 0. The molecule has 1 aliphatic carbocycles. The highest BCUT2D eigenvalue weighted by Gasteiger charge is 2.47. The summed E-state index contributed by atoms with van der Waals surface area (Å²) in [5.41, 5.74) is 5.05. The molecule has 1 aliphatic rings. The first-order valence-corrected chi connectivity index (χ1v) is 7.94. The molecule has 0 heterocycles. The molecule has 1 saturated carbocycles. The Labute approximate surface area is 127 Å². The van der Waals surface area contributed by atoms with E-state index in [1.807, 2.05) is 0 Å². The van der Waals surface area contributed by atoms with Gasteiger partial charge in [-0.05, 0) is 44.6 Å². The van der Waals surface area contributed by atoms with Crippen LogP contribution in [0.2, 0.25) is 6.32 Å². The van der Waals surface area contributed by atoms with E-state index in [1.165, 1.54) is 0 Å². The van der Waals surface area contributed by atoms with Crippen LogP contribution in [0.15, 0.2) is 0 Å². The monoisotopic (exact) mass is 300 g/mol. The summed E-state index contributed by atoms with van der Waals surface area (Å²) in [6.45, 7) is 6.63. The van der Waals surface area contributed by atoms with Crippen LogP contribution in [0.3, 0.4) is 0 Å². The summed E-state index contributed by atoms with van der Waals surface area (Å²) in [6.07, 6.45) is 3.00. The van der Waals surface area contributed by atoms with Crippen LogP contribution in [0.1, 0.15) is 39.5 Å². The lowest BCUT2D eigenvalue weighted by Crippen LogP contribution is -2.60. The number of aliphatic carboxylic acids is 1. The Morgan fingerprint density at radius 3 is 2.43 bits per heavy atom. The predicted octanol–water partition coefficient (Wildman–Crippen LogP) is 0.390. The SMILES string of the molecule is CCN(CC)CC1CC[C@@H](CCB(O)O)C[C@]1(N)C(=O)O. The Hall–Kier alpha value is -0.625. The normalized spacial score (nSPS) is 29.6. The van der Waals surface area contributed by atoms with Crippen molar-refractivity contribution < 1.29 is 19.9 Å². The minimum absolute atomic E-state index is 0.0507. The van der Waals surface area contributed by atoms with Crippen molar-refractivity contribution in [2.45, 2.75) is 51.4 Å². The highest BCUT2D eigenvalue weighted by Crippen LogP contribution is 2.38. The van der Waals surface area contributed by atoms with Gasteiger partial charge in [-0.3, -0.25) is 4.79 Å². The Morgan fingerprint density at radius 2 is 1.95 bits per heavy atom. The molecule has 0 amide bonds. The maximum Gasteiger partial charge on any atom is 0.451 e. The molecule has 122 valence electrons. The number of carboxylic acids is 1. The van der Waals surface area contributed by atoms with Gasteiger partial charge in [-0.2, -0.15) is 0 Å². The highest BCUT2D eigenvalue weighted by atomic mass is 16.4. The van der Waals surface area contributed by atoms with Gasteiger partial charge in [0.2, 0.25) is 0 Å². The second-order valence-electron chi connectivity index (χ2n) is 6.23. The fourth-order valence-corrected chi connectivity index (χ4v) is 3.38. The molecule has 0 bridgehead atoms. The number of nitrogens with zero attached hydrogens (tertiary/aromatic N) is 1. The quantitative estimate of drug-likeness (QED) is 0.483. The Bertz CT molecular complexity index is 339. The molecule has 0 aromatic heterocycles. The van der Waals surface area contributed by atoms with Gasteiger partial charge in [-0.25, -0.2) is 0 Å². The highest BCUT2D eigenvalue weighted by molar-refractivity contribution is 6.40. The van der Waals surface area contributed by atoms with Gasteiger partial charge in [0.1, 0.15) is 5.54 Å². The lowest BCUT2D eigenvalue weighted by molar-refractivity contribution is -0.148. The average molecular weight is 300 g/mol. The van der Waals surface area contributed by atoms with E-state index in [9.17, 15) is 9.90 Å². The van der Waals surface area contributed by atoms with Gasteiger partial charge in [-0.15, -0.1) is 0 Å². The van der Waals surface area contributed by atoms with E-state index in [0.29, 0.717) is 19.4 Å². The number of hydrogen-bond acceptors (Lipinski definition) is 5. The minimum atomic E-state index is -1.32. The molecule has 21 heavy (non-hydrogen) atoms. The molecule has 0 radical (unpaired) electrons. The van der Waals surface area contributed by atoms with Gasteiger partial charge in [0.05, 0.1) is 0 Å². The van der Waals surface area contributed by atoms with Crippen LogP contribution in [-0.4, -0.2) is 58.3 Å². The molecule has 0 aromatic carbocycles. The lowest BCUT2D eigenvalue weighted by Gasteiger charge is -2.43. The van der Waals surface area contributed by atoms with Crippen molar-refractivity contribution in [3.8, 4) is 0 Å². The van der Waals surface area contributed by atoms with Crippen molar-refractivity contribution in [3.63, 3.8) is 0 Å². The Kier molecular flexibility index (Phi) is 7.13. The zero-order valence-corrected chi connectivity index (χ0v) is 13.2. The Balaban J connectivity index is 2.72. The molecule has 1 rings (SSSR count). The number of nitrogens with two attached hydrogens (primary N) is 1. The van der Waals surface area contributed by atoms with Crippen LogP contribution in [0.4, 0.5) is 0 Å². The molecule has 1 unspecified atom stereocenters. The van der Waals surface area contributed by atoms with Crippen LogP contribution in [0.5, 0.6) is 0 Å². The summed E-state index contributed by atoms with van der Waals surface area (Å²) >= 11 is 0. The van der Waals surface area contributed by atoms with Crippen molar-refractivity contribution >= 4 is 13.1 Å². The third-order valence-electron chi connectivity index (χ3n) is 4.88. The predicted molar refractivity (Wildman–Crippen MR) is 82.8 cm³/mol. The van der Waals surface area contributed by atoms with Crippen molar-refractivity contribution in [3.05, 3.63) is 0 Å². The van der Waals surface area contributed by atoms with E-state index in [2.05, 4.69) is 18.7 Å². The molecular weight excluding hydrogens is 271 g/mol. The summed E-state index contributed by atoms with van der Waals surface area (Å²) in [7, 11) is -1.32. The van der Waals surface area contributed by atoms with Gasteiger partial charge in [0.15, 0.2) is 0 Å². The summed E-state index contributed by atoms with van der Waals surface area (Å²) in [4.78, 5) is 13.9. The minimum Gasteiger partial charge on any atom is -0.480 e. The first-order valence-electron chi connectivity index (χ1n) is 7.94. The Morgan fingerprint density at radius 1 is 1.33 bits per heavy atom. The van der Waals surface area contributed by atoms with Gasteiger partial charge in [0, 0.05) is 12.5 Å². The van der Waals surface area contributed by atoms with Crippen molar-refractivity contribution in [2.24, 2.45) is 17.6 Å². The fraction of sp³-hybridized carbons (Fsp3) is 0.929. The van der Waals surface area contributed by atoms with Crippen LogP contribution in [-0.2, 0) is 4.79 Å². The third kappa shape index (κ3) is 4.95. The van der Waals surface area contributed by atoms with Gasteiger partial charge in [-0.1, -0.05) is 20.3 Å². The van der Waals surface area contributed by atoms with Gasteiger partial charge >= 0.3 is 13.1 Å². The molecule has 0 spiro atoms. The van der Waals surface area contributed by atoms with Crippen molar-refractivity contribution in [1.29, 1.82) is 0 Å². The fourth-order valence-electron chi connectivity index (χ4n) is 3.38. The average Bonchev–Trinajstić information content (AvgIpc) is 2.44. The van der Waals surface area contributed by atoms with Crippen LogP contribution >= 0.6 is 0 Å². The van der Waals surface area contributed by atoms with E-state index in [0.717, 1.165) is 25.9 Å². The summed E-state index contributed by atoms with van der Waals surface area (Å²) in [5.74, 6) is -0.833. The van der Waals surface area contributed by atoms with Crippen LogP contribution in [0, 0.1) is 11.8 Å². The standard InChI is InChI=1S/C14H29BN2O4/c1-3-17(4-2)10-12-6-5-11(7-8-15(20)21)9-14(12,16)13(18)19/h11-12,20-21H,3-10,16H2,1-2H3,(H,18,19)/t11-,12?,14+/m0/s1. The largest absolute Gasteiger partial charge is 0.480 e. The van der Waals surface area contributed by atoms with E-state index >= 15 is 0 Å². The maximum atomic E-state index is 11.7. The van der Waals surface area contributed by atoms with Crippen LogP contribution < -0.4 is 5.73 Å². The van der Waals surface area contributed by atoms with E-state index in [4.69, 9.17) is 15.8 Å². The number of carbonyl (C=O) groups is 1. The third-order valence-corrected chi connectivity index (χ3v) is 4.88. The summed E-state index contributed by atoms with van der Waals surface area (Å²) in [5, 5.41) is 27.5. The topological polar surface area (TPSA) is 107 Å². The molecule has 7 heteroatoms. The molecule has 0 saturated heterocycles. The summed E-state index contributed by atoms with van der Waals surface area (Å²) < 4.78 is 0. The van der Waals surface area contributed by atoms with E-state index in [1.54, 1.807) is 0 Å². The van der Waals surface area contributed by atoms with Crippen molar-refractivity contribution in [2.75, 3.05) is 19.6 Å². The van der Waals surface area contributed by atoms with Gasteiger partial charge in [0.25, 0.3) is 0 Å². The molecule has 6 nitrogen and oxygen atoms in total. The molecule has 0 aliphatic heterocycles. The van der Waals surface area contributed by atoms with E-state index in [-0.39, 0.29) is 18.2 Å².